The number of benzene rings is 2. The summed E-state index contributed by atoms with van der Waals surface area (Å²) >= 11 is 10.5. The van der Waals surface area contributed by atoms with Crippen molar-refractivity contribution in [3.8, 4) is 11.5 Å². The number of rotatable bonds is 7. The Morgan fingerprint density at radius 3 is 1.98 bits per heavy atom. The summed E-state index contributed by atoms with van der Waals surface area (Å²) in [6.45, 7) is 11.5. The molecular formula is C38H45BrClNO4. The summed E-state index contributed by atoms with van der Waals surface area (Å²) < 4.78 is 13.4. The maximum atomic E-state index is 14.3. The zero-order valence-corrected chi connectivity index (χ0v) is 29.6. The minimum Gasteiger partial charge on any atom is -0.490 e. The van der Waals surface area contributed by atoms with Crippen LogP contribution in [0.3, 0.4) is 0 Å². The minimum absolute atomic E-state index is 0.140. The van der Waals surface area contributed by atoms with E-state index in [1.807, 2.05) is 43.3 Å². The highest BCUT2D eigenvalue weighted by molar-refractivity contribution is 9.10. The smallest absolute Gasteiger partial charge is 0.180 e. The predicted molar refractivity (Wildman–Crippen MR) is 183 cm³/mol. The van der Waals surface area contributed by atoms with E-state index in [0.717, 1.165) is 63.8 Å². The monoisotopic (exact) mass is 693 g/mol. The lowest BCUT2D eigenvalue weighted by Crippen LogP contribution is -2.48. The van der Waals surface area contributed by atoms with E-state index >= 15 is 0 Å². The number of nitrogens with zero attached hydrogens (tertiary/aromatic N) is 1. The fraction of sp³-hybridized carbons (Fsp3) is 0.526. The molecule has 0 spiro atoms. The van der Waals surface area contributed by atoms with Crippen LogP contribution in [-0.2, 0) is 16.2 Å². The lowest BCUT2D eigenvalue weighted by atomic mass is 9.63. The van der Waals surface area contributed by atoms with Gasteiger partial charge in [-0.05, 0) is 78.8 Å². The third-order valence-corrected chi connectivity index (χ3v) is 10.7. The van der Waals surface area contributed by atoms with Crippen LogP contribution < -0.4 is 9.47 Å². The Morgan fingerprint density at radius 1 is 0.844 bits per heavy atom. The molecule has 7 heteroatoms. The quantitative estimate of drug-likeness (QED) is 0.289. The van der Waals surface area contributed by atoms with Gasteiger partial charge >= 0.3 is 0 Å². The van der Waals surface area contributed by atoms with Crippen LogP contribution in [0, 0.1) is 10.8 Å². The van der Waals surface area contributed by atoms with E-state index in [4.69, 9.17) is 21.1 Å². The van der Waals surface area contributed by atoms with Gasteiger partial charge in [-0.2, -0.15) is 0 Å². The number of carbonyl (C=O) groups excluding carboxylic acids is 2. The normalized spacial score (nSPS) is 22.0. The Hall–Kier alpha value is -2.57. The highest BCUT2D eigenvalue weighted by Gasteiger charge is 2.50. The van der Waals surface area contributed by atoms with Gasteiger partial charge in [-0.25, -0.2) is 0 Å². The fourth-order valence-corrected chi connectivity index (χ4v) is 8.54. The summed E-state index contributed by atoms with van der Waals surface area (Å²) in [4.78, 5) is 31.1. The van der Waals surface area contributed by atoms with Crippen molar-refractivity contribution in [2.45, 2.75) is 111 Å². The molecule has 0 unspecified atom stereocenters. The number of halogens is 2. The zero-order valence-electron chi connectivity index (χ0n) is 27.2. The van der Waals surface area contributed by atoms with Crippen molar-refractivity contribution in [3.05, 3.63) is 79.6 Å². The van der Waals surface area contributed by atoms with E-state index in [0.29, 0.717) is 48.6 Å². The molecular weight excluding hydrogens is 650 g/mol. The van der Waals surface area contributed by atoms with E-state index in [2.05, 4.69) is 48.5 Å². The van der Waals surface area contributed by atoms with E-state index < -0.39 is 5.92 Å². The molecule has 0 amide bonds. The third kappa shape index (κ3) is 6.52. The number of ether oxygens (including phenoxy) is 2. The summed E-state index contributed by atoms with van der Waals surface area (Å²) in [5, 5.41) is 0.416. The Morgan fingerprint density at radius 2 is 1.42 bits per heavy atom. The first-order valence-corrected chi connectivity index (χ1v) is 17.7. The van der Waals surface area contributed by atoms with Gasteiger partial charge in [0, 0.05) is 51.8 Å². The molecule has 4 aliphatic rings. The second-order valence-corrected chi connectivity index (χ2v) is 16.2. The van der Waals surface area contributed by atoms with Gasteiger partial charge in [0.1, 0.15) is 6.61 Å². The molecule has 0 N–H and O–H groups in total. The maximum Gasteiger partial charge on any atom is 0.180 e. The average molecular weight is 695 g/mol. The molecule has 2 aromatic carbocycles. The highest BCUT2D eigenvalue weighted by atomic mass is 79.9. The molecule has 1 aliphatic heterocycles. The van der Waals surface area contributed by atoms with Crippen molar-refractivity contribution in [2.75, 3.05) is 6.61 Å². The second kappa shape index (κ2) is 12.6. The third-order valence-electron chi connectivity index (χ3n) is 9.85. The maximum absolute atomic E-state index is 14.3. The SMILES string of the molecule is CCOc1cc(C2C3=C(CC(C)(C)CC3=O)N(C3CCCCC3)C3=C2C(=O)CC(C)(C)C3)cc(Cl)c1OCc1ccc(Br)cc1. The van der Waals surface area contributed by atoms with Gasteiger partial charge in [0.2, 0.25) is 0 Å². The lowest BCUT2D eigenvalue weighted by molar-refractivity contribution is -0.119. The molecule has 1 heterocycles. The Bertz CT molecular complexity index is 1510. The largest absolute Gasteiger partial charge is 0.490 e. The number of ketones is 2. The number of allylic oxidation sites excluding steroid dienone is 4. The van der Waals surface area contributed by atoms with E-state index in [9.17, 15) is 9.59 Å². The molecule has 45 heavy (non-hydrogen) atoms. The zero-order chi connectivity index (χ0) is 32.1. The molecule has 1 fully saturated rings. The van der Waals surface area contributed by atoms with Crippen molar-refractivity contribution in [1.29, 1.82) is 0 Å². The highest BCUT2D eigenvalue weighted by Crippen LogP contribution is 2.56. The molecule has 1 saturated carbocycles. The predicted octanol–water partition coefficient (Wildman–Crippen LogP) is 10.1. The second-order valence-electron chi connectivity index (χ2n) is 14.9. The molecule has 6 rings (SSSR count). The van der Waals surface area contributed by atoms with Crippen molar-refractivity contribution in [3.63, 3.8) is 0 Å². The Balaban J connectivity index is 1.51. The van der Waals surface area contributed by atoms with Gasteiger partial charge in [0.05, 0.1) is 11.6 Å². The minimum atomic E-state index is -0.473. The molecule has 0 atom stereocenters. The van der Waals surface area contributed by atoms with Crippen molar-refractivity contribution in [2.24, 2.45) is 10.8 Å². The van der Waals surface area contributed by atoms with Crippen molar-refractivity contribution >= 4 is 39.1 Å². The summed E-state index contributed by atoms with van der Waals surface area (Å²) in [6.07, 6.45) is 8.33. The standard InChI is InChI=1S/C38H45BrClNO4/c1-6-44-32-17-24(16-27(40)36(32)45-22-23-12-14-25(39)15-13-23)33-34-28(18-37(2,3)20-30(34)42)41(26-10-8-7-9-11-26)29-19-38(4,5)21-31(43)35(29)33/h12-17,26,33H,6-11,18-22H2,1-5H3. The Labute approximate surface area is 281 Å². The topological polar surface area (TPSA) is 55.8 Å². The average Bonchev–Trinajstić information content (AvgIpc) is 2.96. The number of hydrogen-bond donors (Lipinski definition) is 0. The van der Waals surface area contributed by atoms with Crippen LogP contribution in [0.1, 0.15) is 109 Å². The summed E-state index contributed by atoms with van der Waals surface area (Å²) in [7, 11) is 0. The summed E-state index contributed by atoms with van der Waals surface area (Å²) in [6, 6.07) is 12.1. The van der Waals surface area contributed by atoms with Crippen LogP contribution in [0.25, 0.3) is 0 Å². The van der Waals surface area contributed by atoms with Crippen molar-refractivity contribution in [1.82, 2.24) is 4.90 Å². The number of carbonyl (C=O) groups is 2. The van der Waals surface area contributed by atoms with Crippen LogP contribution in [0.15, 0.2) is 63.4 Å². The summed E-state index contributed by atoms with van der Waals surface area (Å²) in [5.74, 6) is 0.810. The van der Waals surface area contributed by atoms with Gasteiger partial charge in [-0.3, -0.25) is 9.59 Å². The van der Waals surface area contributed by atoms with Crippen LogP contribution in [0.5, 0.6) is 11.5 Å². The van der Waals surface area contributed by atoms with E-state index in [1.54, 1.807) is 0 Å². The summed E-state index contributed by atoms with van der Waals surface area (Å²) in [5.41, 5.74) is 5.35. The van der Waals surface area contributed by atoms with Gasteiger partial charge in [-0.15, -0.1) is 0 Å². The molecule has 0 saturated heterocycles. The molecule has 0 aromatic heterocycles. The first-order valence-electron chi connectivity index (χ1n) is 16.5. The number of hydrogen-bond acceptors (Lipinski definition) is 5. The first kappa shape index (κ1) is 32.4. The molecule has 3 aliphatic carbocycles. The van der Waals surface area contributed by atoms with Crippen LogP contribution in [-0.4, -0.2) is 29.1 Å². The van der Waals surface area contributed by atoms with Crippen LogP contribution in [0.2, 0.25) is 5.02 Å². The van der Waals surface area contributed by atoms with Gasteiger partial charge in [-0.1, -0.05) is 86.6 Å². The molecule has 5 nitrogen and oxygen atoms in total. The number of Topliss-reactive ketones (excluding diaryl/α,β-unsaturated/α-hetero) is 2. The first-order chi connectivity index (χ1) is 21.4. The molecule has 2 aromatic rings. The lowest BCUT2D eigenvalue weighted by Gasteiger charge is -2.52. The van der Waals surface area contributed by atoms with Gasteiger partial charge in [0.25, 0.3) is 0 Å². The van der Waals surface area contributed by atoms with Crippen molar-refractivity contribution < 1.29 is 19.1 Å². The Kier molecular flexibility index (Phi) is 9.04. The van der Waals surface area contributed by atoms with Gasteiger partial charge < -0.3 is 14.4 Å². The molecule has 0 radical (unpaired) electrons. The van der Waals surface area contributed by atoms with Crippen LogP contribution >= 0.6 is 27.5 Å². The fourth-order valence-electron chi connectivity index (χ4n) is 8.00. The van der Waals surface area contributed by atoms with E-state index in [1.165, 1.54) is 19.3 Å². The molecule has 240 valence electrons. The van der Waals surface area contributed by atoms with E-state index in [-0.39, 0.29) is 22.4 Å². The molecule has 0 bridgehead atoms. The van der Waals surface area contributed by atoms with Gasteiger partial charge in [0.15, 0.2) is 23.1 Å². The van der Waals surface area contributed by atoms with Crippen LogP contribution in [0.4, 0.5) is 0 Å².